The summed E-state index contributed by atoms with van der Waals surface area (Å²) in [5.74, 6) is 0. The van der Waals surface area contributed by atoms with Crippen LogP contribution in [-0.4, -0.2) is 19.6 Å². The highest BCUT2D eigenvalue weighted by Gasteiger charge is 2.27. The average molecular weight is 276 g/mol. The van der Waals surface area contributed by atoms with Crippen LogP contribution in [0.1, 0.15) is 5.56 Å². The van der Waals surface area contributed by atoms with Gasteiger partial charge < -0.3 is 0 Å². The molecule has 1 aromatic carbocycles. The third kappa shape index (κ3) is 1.54. The summed E-state index contributed by atoms with van der Waals surface area (Å²) in [7, 11) is -3.16. The Labute approximate surface area is 91.9 Å². The zero-order chi connectivity index (χ0) is 10.2. The molecule has 76 valence electrons. The minimum Gasteiger partial charge on any atom is -0.269 e. The van der Waals surface area contributed by atoms with E-state index in [0.29, 0.717) is 6.54 Å². The van der Waals surface area contributed by atoms with Crippen molar-refractivity contribution in [1.82, 2.24) is 0 Å². The molecule has 1 heterocycles. The molecule has 5 heteroatoms. The first-order valence-corrected chi connectivity index (χ1v) is 7.02. The SMILES string of the molecule is O=S(=O)(CBr)N1CCc2ccccc21. The van der Waals surface area contributed by atoms with Crippen LogP contribution < -0.4 is 4.31 Å². The summed E-state index contributed by atoms with van der Waals surface area (Å²) >= 11 is 3.00. The molecule has 0 spiro atoms. The standard InChI is InChI=1S/C9H10BrNO2S/c10-7-14(12,13)11-6-5-8-3-1-2-4-9(8)11/h1-4H,5-7H2. The van der Waals surface area contributed by atoms with Crippen LogP contribution in [0, 0.1) is 0 Å². The van der Waals surface area contributed by atoms with E-state index in [1.165, 1.54) is 4.31 Å². The maximum Gasteiger partial charge on any atom is 0.245 e. The van der Waals surface area contributed by atoms with Crippen LogP contribution in [0.2, 0.25) is 0 Å². The van der Waals surface area contributed by atoms with Gasteiger partial charge in [0.15, 0.2) is 0 Å². The highest BCUT2D eigenvalue weighted by atomic mass is 79.9. The van der Waals surface area contributed by atoms with Gasteiger partial charge in [0.2, 0.25) is 10.0 Å². The minimum absolute atomic E-state index is 0.0195. The van der Waals surface area contributed by atoms with E-state index in [2.05, 4.69) is 15.9 Å². The Balaban J connectivity index is 2.45. The molecule has 2 rings (SSSR count). The first-order valence-electron chi connectivity index (χ1n) is 4.29. The Morgan fingerprint density at radius 3 is 2.79 bits per heavy atom. The molecule has 0 N–H and O–H groups in total. The number of halogens is 1. The molecule has 3 nitrogen and oxygen atoms in total. The third-order valence-electron chi connectivity index (χ3n) is 2.32. The summed E-state index contributed by atoms with van der Waals surface area (Å²) in [6, 6.07) is 7.62. The number of hydrogen-bond donors (Lipinski definition) is 0. The lowest BCUT2D eigenvalue weighted by atomic mass is 10.2. The van der Waals surface area contributed by atoms with Crippen molar-refractivity contribution in [3.63, 3.8) is 0 Å². The lowest BCUT2D eigenvalue weighted by Gasteiger charge is -2.17. The molecule has 14 heavy (non-hydrogen) atoms. The van der Waals surface area contributed by atoms with Gasteiger partial charge in [-0.3, -0.25) is 4.31 Å². The Morgan fingerprint density at radius 1 is 1.36 bits per heavy atom. The lowest BCUT2D eigenvalue weighted by Crippen LogP contribution is -2.29. The van der Waals surface area contributed by atoms with Gasteiger partial charge in [0.1, 0.15) is 4.66 Å². The summed E-state index contributed by atoms with van der Waals surface area (Å²) in [6.07, 6.45) is 0.808. The number of sulfonamides is 1. The van der Waals surface area contributed by atoms with Crippen molar-refractivity contribution in [2.45, 2.75) is 6.42 Å². The zero-order valence-electron chi connectivity index (χ0n) is 7.48. The molecule has 0 aliphatic carbocycles. The molecule has 0 unspecified atom stereocenters. The van der Waals surface area contributed by atoms with E-state index in [1.54, 1.807) is 0 Å². The van der Waals surface area contributed by atoms with E-state index in [-0.39, 0.29) is 4.66 Å². The number of para-hydroxylation sites is 1. The second-order valence-corrected chi connectivity index (χ2v) is 6.37. The van der Waals surface area contributed by atoms with Crippen LogP contribution >= 0.6 is 15.9 Å². The number of fused-ring (bicyclic) bond motifs is 1. The van der Waals surface area contributed by atoms with Crippen LogP contribution in [0.25, 0.3) is 0 Å². The van der Waals surface area contributed by atoms with Crippen molar-refractivity contribution in [1.29, 1.82) is 0 Å². The average Bonchev–Trinajstić information content (AvgIpc) is 2.61. The highest BCUT2D eigenvalue weighted by Crippen LogP contribution is 2.30. The van der Waals surface area contributed by atoms with E-state index in [4.69, 9.17) is 0 Å². The summed E-state index contributed by atoms with van der Waals surface area (Å²) in [4.78, 5) is 0. The predicted molar refractivity (Wildman–Crippen MR) is 60.2 cm³/mol. The van der Waals surface area contributed by atoms with Crippen LogP contribution in [0.15, 0.2) is 24.3 Å². The van der Waals surface area contributed by atoms with Crippen LogP contribution in [0.4, 0.5) is 5.69 Å². The van der Waals surface area contributed by atoms with Crippen molar-refractivity contribution in [3.05, 3.63) is 29.8 Å². The monoisotopic (exact) mass is 275 g/mol. The molecule has 1 aliphatic heterocycles. The van der Waals surface area contributed by atoms with Gasteiger partial charge in [-0.05, 0) is 18.1 Å². The van der Waals surface area contributed by atoms with E-state index < -0.39 is 10.0 Å². The van der Waals surface area contributed by atoms with Gasteiger partial charge >= 0.3 is 0 Å². The minimum atomic E-state index is -3.16. The molecular weight excluding hydrogens is 266 g/mol. The summed E-state index contributed by atoms with van der Waals surface area (Å²) in [5.41, 5.74) is 1.93. The number of anilines is 1. The molecule has 0 fully saturated rings. The van der Waals surface area contributed by atoms with Gasteiger partial charge in [0.05, 0.1) is 5.69 Å². The first-order chi connectivity index (χ1) is 6.65. The molecule has 1 aliphatic rings. The molecule has 1 aromatic rings. The molecule has 0 saturated heterocycles. The van der Waals surface area contributed by atoms with Crippen molar-refractivity contribution in [2.75, 3.05) is 15.5 Å². The fourth-order valence-electron chi connectivity index (χ4n) is 1.66. The van der Waals surface area contributed by atoms with Gasteiger partial charge in [-0.25, -0.2) is 8.42 Å². The van der Waals surface area contributed by atoms with E-state index >= 15 is 0 Å². The van der Waals surface area contributed by atoms with E-state index in [9.17, 15) is 8.42 Å². The summed E-state index contributed by atoms with van der Waals surface area (Å²) < 4.78 is 24.7. The van der Waals surface area contributed by atoms with Crippen molar-refractivity contribution in [3.8, 4) is 0 Å². The molecule has 0 atom stereocenters. The van der Waals surface area contributed by atoms with Gasteiger partial charge in [-0.15, -0.1) is 0 Å². The third-order valence-corrected chi connectivity index (χ3v) is 5.38. The highest BCUT2D eigenvalue weighted by molar-refractivity contribution is 9.10. The summed E-state index contributed by atoms with van der Waals surface area (Å²) in [5, 5.41) is 0. The molecule has 0 radical (unpaired) electrons. The van der Waals surface area contributed by atoms with Crippen LogP contribution in [-0.2, 0) is 16.4 Å². The maximum atomic E-state index is 11.6. The molecule has 0 saturated carbocycles. The predicted octanol–water partition coefficient (Wildman–Crippen LogP) is 1.73. The lowest BCUT2D eigenvalue weighted by molar-refractivity contribution is 0.597. The Morgan fingerprint density at radius 2 is 2.07 bits per heavy atom. The second-order valence-electron chi connectivity index (χ2n) is 3.17. The van der Waals surface area contributed by atoms with Gasteiger partial charge in [-0.2, -0.15) is 0 Å². The van der Waals surface area contributed by atoms with Gasteiger partial charge in [-0.1, -0.05) is 34.1 Å². The fraction of sp³-hybridized carbons (Fsp3) is 0.333. The number of benzene rings is 1. The van der Waals surface area contributed by atoms with E-state index in [1.807, 2.05) is 24.3 Å². The maximum absolute atomic E-state index is 11.6. The van der Waals surface area contributed by atoms with Gasteiger partial charge in [0, 0.05) is 6.54 Å². The smallest absolute Gasteiger partial charge is 0.245 e. The zero-order valence-corrected chi connectivity index (χ0v) is 9.88. The topological polar surface area (TPSA) is 37.4 Å². The first kappa shape index (κ1) is 9.98. The Bertz CT molecular complexity index is 444. The van der Waals surface area contributed by atoms with Gasteiger partial charge in [0.25, 0.3) is 0 Å². The number of hydrogen-bond acceptors (Lipinski definition) is 2. The molecular formula is C9H10BrNO2S. The van der Waals surface area contributed by atoms with Crippen molar-refractivity contribution < 1.29 is 8.42 Å². The number of alkyl halides is 1. The fourth-order valence-corrected chi connectivity index (χ4v) is 3.36. The molecule has 0 amide bonds. The van der Waals surface area contributed by atoms with Crippen molar-refractivity contribution >= 4 is 31.6 Å². The summed E-state index contributed by atoms with van der Waals surface area (Å²) in [6.45, 7) is 0.563. The molecule has 0 bridgehead atoms. The quantitative estimate of drug-likeness (QED) is 0.771. The number of nitrogens with zero attached hydrogens (tertiary/aromatic N) is 1. The normalized spacial score (nSPS) is 15.6. The Kier molecular flexibility index (Phi) is 2.53. The van der Waals surface area contributed by atoms with Crippen LogP contribution in [0.5, 0.6) is 0 Å². The second kappa shape index (κ2) is 3.55. The van der Waals surface area contributed by atoms with Crippen LogP contribution in [0.3, 0.4) is 0 Å². The largest absolute Gasteiger partial charge is 0.269 e. The Hall–Kier alpha value is -0.550. The molecule has 0 aromatic heterocycles. The van der Waals surface area contributed by atoms with E-state index in [0.717, 1.165) is 17.7 Å². The van der Waals surface area contributed by atoms with Crippen molar-refractivity contribution in [2.24, 2.45) is 0 Å². The number of rotatable bonds is 2.